The summed E-state index contributed by atoms with van der Waals surface area (Å²) in [5.74, 6) is 0.188. The van der Waals surface area contributed by atoms with Crippen LogP contribution in [0.15, 0.2) is 29.5 Å². The van der Waals surface area contributed by atoms with Gasteiger partial charge in [0, 0.05) is 12.6 Å². The molecule has 22 heavy (non-hydrogen) atoms. The molecule has 2 aromatic heterocycles. The van der Waals surface area contributed by atoms with E-state index in [2.05, 4.69) is 10.1 Å². The molecule has 0 spiro atoms. The van der Waals surface area contributed by atoms with Crippen LogP contribution in [0.5, 0.6) is 0 Å². The zero-order chi connectivity index (χ0) is 16.5. The quantitative estimate of drug-likeness (QED) is 0.297. The Hall–Kier alpha value is -2.39. The number of nitrogens with two attached hydrogens (primary N) is 2. The monoisotopic (exact) mass is 321 g/mol. The average molecular weight is 321 g/mol. The van der Waals surface area contributed by atoms with Crippen molar-refractivity contribution in [2.45, 2.75) is 24.9 Å². The highest BCUT2D eigenvalue weighted by molar-refractivity contribution is 5.95. The third kappa shape index (κ3) is 2.81. The fraction of sp³-hybridized carbons (Fsp3) is 0.333. The predicted octanol–water partition coefficient (Wildman–Crippen LogP) is 2.04. The highest BCUT2D eigenvalue weighted by Crippen LogP contribution is 2.39. The first-order valence-electron chi connectivity index (χ1n) is 6.11. The number of hydrogen-bond donors (Lipinski definition) is 2. The molecule has 0 fully saturated rings. The summed E-state index contributed by atoms with van der Waals surface area (Å²) in [4.78, 5) is 3.97. The molecule has 5 nitrogen and oxygen atoms in total. The molecule has 2 heterocycles. The first-order chi connectivity index (χ1) is 10.2. The van der Waals surface area contributed by atoms with Gasteiger partial charge >= 0.3 is 12.1 Å². The van der Waals surface area contributed by atoms with Crippen molar-refractivity contribution in [3.8, 4) is 0 Å². The Morgan fingerprint density at radius 2 is 1.91 bits per heavy atom. The minimum absolute atomic E-state index is 0.0612. The second-order valence-corrected chi connectivity index (χ2v) is 4.55. The van der Waals surface area contributed by atoms with Crippen LogP contribution in [0.1, 0.15) is 17.9 Å². The van der Waals surface area contributed by atoms with Crippen LogP contribution in [0.2, 0.25) is 0 Å². The van der Waals surface area contributed by atoms with Gasteiger partial charge in [-0.15, -0.1) is 0 Å². The van der Waals surface area contributed by atoms with E-state index in [9.17, 15) is 22.0 Å². The number of fused-ring (bicyclic) bond motifs is 1. The van der Waals surface area contributed by atoms with Crippen molar-refractivity contribution in [2.24, 2.45) is 16.7 Å². The molecule has 0 aliphatic carbocycles. The summed E-state index contributed by atoms with van der Waals surface area (Å²) in [6.45, 7) is 0. The van der Waals surface area contributed by atoms with Crippen molar-refractivity contribution in [1.82, 2.24) is 9.38 Å². The van der Waals surface area contributed by atoms with E-state index in [-0.39, 0.29) is 17.4 Å². The van der Waals surface area contributed by atoms with Gasteiger partial charge < -0.3 is 11.6 Å². The van der Waals surface area contributed by atoms with Gasteiger partial charge in [0.15, 0.2) is 11.7 Å². The number of aromatic nitrogens is 2. The highest BCUT2D eigenvalue weighted by Gasteiger charge is 2.56. The topological polar surface area (TPSA) is 81.7 Å². The molecule has 2 rings (SSSR count). The van der Waals surface area contributed by atoms with Gasteiger partial charge in [-0.1, -0.05) is 6.07 Å². The maximum absolute atomic E-state index is 13.0. The molecule has 0 saturated heterocycles. The summed E-state index contributed by atoms with van der Waals surface area (Å²) < 4.78 is 64.1. The van der Waals surface area contributed by atoms with E-state index in [1.165, 1.54) is 16.7 Å². The van der Waals surface area contributed by atoms with Gasteiger partial charge in [-0.3, -0.25) is 4.40 Å². The van der Waals surface area contributed by atoms with Crippen LogP contribution in [-0.4, -0.2) is 27.3 Å². The number of hydrogen-bond acceptors (Lipinski definition) is 3. The van der Waals surface area contributed by atoms with Crippen molar-refractivity contribution < 1.29 is 22.0 Å². The van der Waals surface area contributed by atoms with Gasteiger partial charge in [-0.05, 0) is 18.6 Å². The number of pyridine rings is 1. The largest absolute Gasteiger partial charge is 0.453 e. The van der Waals surface area contributed by atoms with Crippen molar-refractivity contribution >= 4 is 11.4 Å². The van der Waals surface area contributed by atoms with Crippen LogP contribution in [0.4, 0.5) is 22.0 Å². The van der Waals surface area contributed by atoms with E-state index in [1.54, 1.807) is 12.1 Å². The predicted molar refractivity (Wildman–Crippen MR) is 69.4 cm³/mol. The molecule has 10 heteroatoms. The van der Waals surface area contributed by atoms with Crippen LogP contribution < -0.4 is 11.6 Å². The molecule has 2 aromatic rings. The SMILES string of the molecule is N/N=C(/N)c1nc(CCC(F)(F)C(F)(F)F)c2ccccn12. The van der Waals surface area contributed by atoms with Gasteiger partial charge in [-0.2, -0.15) is 27.1 Å². The Bertz CT molecular complexity index is 703. The molecule has 0 saturated carbocycles. The van der Waals surface area contributed by atoms with Gasteiger partial charge in [0.05, 0.1) is 11.2 Å². The Balaban J connectivity index is 2.37. The zero-order valence-corrected chi connectivity index (χ0v) is 11.1. The van der Waals surface area contributed by atoms with E-state index in [0.717, 1.165) is 0 Å². The molecule has 0 unspecified atom stereocenters. The van der Waals surface area contributed by atoms with Crippen LogP contribution in [0.25, 0.3) is 5.52 Å². The maximum atomic E-state index is 13.0. The maximum Gasteiger partial charge on any atom is 0.453 e. The first-order valence-corrected chi connectivity index (χ1v) is 6.11. The minimum atomic E-state index is -5.59. The van der Waals surface area contributed by atoms with Crippen LogP contribution in [-0.2, 0) is 6.42 Å². The molecular formula is C12H12F5N5. The molecule has 0 amide bonds. The van der Waals surface area contributed by atoms with E-state index < -0.39 is 24.9 Å². The summed E-state index contributed by atoms with van der Waals surface area (Å²) >= 11 is 0. The van der Waals surface area contributed by atoms with E-state index >= 15 is 0 Å². The number of nitrogens with zero attached hydrogens (tertiary/aromatic N) is 3. The molecule has 0 radical (unpaired) electrons. The lowest BCUT2D eigenvalue weighted by Crippen LogP contribution is -2.36. The minimum Gasteiger partial charge on any atom is -0.379 e. The van der Waals surface area contributed by atoms with Crippen LogP contribution in [0.3, 0.4) is 0 Å². The summed E-state index contributed by atoms with van der Waals surface area (Å²) in [6, 6.07) is 4.75. The number of aryl methyl sites for hydroxylation is 1. The van der Waals surface area contributed by atoms with E-state index in [1.807, 2.05) is 0 Å². The summed E-state index contributed by atoms with van der Waals surface area (Å²) in [7, 11) is 0. The van der Waals surface area contributed by atoms with Crippen molar-refractivity contribution in [1.29, 1.82) is 0 Å². The van der Waals surface area contributed by atoms with Gasteiger partial charge in [0.2, 0.25) is 0 Å². The van der Waals surface area contributed by atoms with Crippen molar-refractivity contribution in [3.63, 3.8) is 0 Å². The normalized spacial score (nSPS) is 13.8. The number of halogens is 5. The standard InChI is InChI=1S/C12H12F5N5/c13-11(14,12(15,16)17)5-4-7-8-3-1-2-6-22(8)10(20-7)9(18)21-19/h1-3,6H,4-5,19H2,(H2,18,21). The fourth-order valence-corrected chi connectivity index (χ4v) is 1.94. The molecule has 120 valence electrons. The molecule has 0 aliphatic heterocycles. The summed E-state index contributed by atoms with van der Waals surface area (Å²) in [6.07, 6.45) is -6.04. The Labute approximate surface area is 121 Å². The number of alkyl halides is 5. The number of imidazole rings is 1. The molecule has 0 bridgehead atoms. The van der Waals surface area contributed by atoms with Gasteiger partial charge in [0.1, 0.15) is 0 Å². The van der Waals surface area contributed by atoms with Crippen LogP contribution in [0, 0.1) is 0 Å². The second kappa shape index (κ2) is 5.43. The molecule has 0 aliphatic rings. The number of hydrazone groups is 1. The Kier molecular flexibility index (Phi) is 3.94. The zero-order valence-electron chi connectivity index (χ0n) is 11.1. The molecular weight excluding hydrogens is 309 g/mol. The van der Waals surface area contributed by atoms with Gasteiger partial charge in [0.25, 0.3) is 0 Å². The third-order valence-corrected chi connectivity index (χ3v) is 3.08. The number of rotatable bonds is 4. The highest BCUT2D eigenvalue weighted by atomic mass is 19.4. The van der Waals surface area contributed by atoms with Crippen molar-refractivity contribution in [3.05, 3.63) is 35.9 Å². The molecule has 0 atom stereocenters. The summed E-state index contributed by atoms with van der Waals surface area (Å²) in [5, 5.41) is 3.25. The smallest absolute Gasteiger partial charge is 0.379 e. The first kappa shape index (κ1) is 16.0. The lowest BCUT2D eigenvalue weighted by atomic mass is 10.1. The lowest BCUT2D eigenvalue weighted by Gasteiger charge is -2.18. The van der Waals surface area contributed by atoms with E-state index in [0.29, 0.717) is 5.52 Å². The average Bonchev–Trinajstić information content (AvgIpc) is 2.82. The Morgan fingerprint density at radius 3 is 2.50 bits per heavy atom. The molecule has 0 aromatic carbocycles. The van der Waals surface area contributed by atoms with Crippen LogP contribution >= 0.6 is 0 Å². The van der Waals surface area contributed by atoms with E-state index in [4.69, 9.17) is 11.6 Å². The van der Waals surface area contributed by atoms with Crippen molar-refractivity contribution in [2.75, 3.05) is 0 Å². The fourth-order valence-electron chi connectivity index (χ4n) is 1.94. The number of amidine groups is 1. The van der Waals surface area contributed by atoms with Gasteiger partial charge in [-0.25, -0.2) is 4.98 Å². The molecule has 4 N–H and O–H groups in total. The lowest BCUT2D eigenvalue weighted by molar-refractivity contribution is -0.284. The Morgan fingerprint density at radius 1 is 1.23 bits per heavy atom. The second-order valence-electron chi connectivity index (χ2n) is 4.55. The third-order valence-electron chi connectivity index (χ3n) is 3.08. The summed E-state index contributed by atoms with van der Waals surface area (Å²) in [5.41, 5.74) is 5.96.